The fourth-order valence-corrected chi connectivity index (χ4v) is 2.63. The van der Waals surface area contributed by atoms with E-state index in [0.717, 1.165) is 18.7 Å². The lowest BCUT2D eigenvalue weighted by Crippen LogP contribution is -2.03. The zero-order chi connectivity index (χ0) is 14.7. The normalized spacial score (nSPS) is 11.0. The van der Waals surface area contributed by atoms with Gasteiger partial charge in [-0.3, -0.25) is 0 Å². The van der Waals surface area contributed by atoms with Gasteiger partial charge in [-0.05, 0) is 36.7 Å². The first-order valence-corrected chi connectivity index (χ1v) is 7.08. The van der Waals surface area contributed by atoms with Crippen LogP contribution in [0.25, 0.3) is 10.9 Å². The minimum Gasteiger partial charge on any atom is -0.481 e. The molecule has 0 bridgehead atoms. The molecule has 3 rings (SSSR count). The van der Waals surface area contributed by atoms with Crippen molar-refractivity contribution in [3.63, 3.8) is 0 Å². The minimum absolute atomic E-state index is 0.646. The van der Waals surface area contributed by atoms with Crippen LogP contribution in [-0.4, -0.2) is 23.2 Å². The molecule has 4 nitrogen and oxygen atoms in total. The Labute approximate surface area is 124 Å². The summed E-state index contributed by atoms with van der Waals surface area (Å²) in [7, 11) is 1.64. The van der Waals surface area contributed by atoms with Crippen molar-refractivity contribution in [1.29, 1.82) is 0 Å². The average molecular weight is 281 g/mol. The van der Waals surface area contributed by atoms with Gasteiger partial charge >= 0.3 is 0 Å². The predicted molar refractivity (Wildman–Crippen MR) is 84.6 cm³/mol. The summed E-state index contributed by atoms with van der Waals surface area (Å²) in [6.45, 7) is 1.40. The van der Waals surface area contributed by atoms with Crippen molar-refractivity contribution in [3.8, 4) is 5.88 Å². The molecular weight excluding hydrogens is 262 g/mol. The molecule has 0 radical (unpaired) electrons. The molecule has 0 amide bonds. The second kappa shape index (κ2) is 5.97. The van der Waals surface area contributed by atoms with Crippen LogP contribution in [0.2, 0.25) is 0 Å². The van der Waals surface area contributed by atoms with Crippen LogP contribution < -0.4 is 10.5 Å². The van der Waals surface area contributed by atoms with Crippen LogP contribution in [0.3, 0.4) is 0 Å². The molecule has 2 heterocycles. The number of nitrogens with zero attached hydrogens (tertiary/aromatic N) is 2. The first-order chi connectivity index (χ1) is 10.3. The van der Waals surface area contributed by atoms with Crippen molar-refractivity contribution in [2.75, 3.05) is 13.7 Å². The molecule has 108 valence electrons. The van der Waals surface area contributed by atoms with E-state index in [1.165, 1.54) is 16.5 Å². The molecule has 2 aromatic heterocycles. The minimum atomic E-state index is 0.646. The van der Waals surface area contributed by atoms with E-state index >= 15 is 0 Å². The zero-order valence-corrected chi connectivity index (χ0v) is 12.1. The summed E-state index contributed by atoms with van der Waals surface area (Å²) in [4.78, 5) is 4.47. The number of methoxy groups -OCH3 is 1. The summed E-state index contributed by atoms with van der Waals surface area (Å²) < 4.78 is 7.38. The van der Waals surface area contributed by atoms with Gasteiger partial charge in [0.25, 0.3) is 0 Å². The average Bonchev–Trinajstić information content (AvgIpc) is 2.92. The van der Waals surface area contributed by atoms with E-state index in [4.69, 9.17) is 10.5 Å². The molecule has 0 spiro atoms. The first-order valence-electron chi connectivity index (χ1n) is 7.08. The maximum absolute atomic E-state index is 5.68. The fourth-order valence-electron chi connectivity index (χ4n) is 2.63. The first kappa shape index (κ1) is 13.6. The van der Waals surface area contributed by atoms with Crippen molar-refractivity contribution in [2.45, 2.75) is 13.0 Å². The summed E-state index contributed by atoms with van der Waals surface area (Å²) in [5.41, 5.74) is 9.18. The molecular formula is C17H19N3O. The van der Waals surface area contributed by atoms with Crippen molar-refractivity contribution in [2.24, 2.45) is 5.73 Å². The molecule has 0 aliphatic carbocycles. The molecule has 4 heteroatoms. The van der Waals surface area contributed by atoms with E-state index in [-0.39, 0.29) is 0 Å². The van der Waals surface area contributed by atoms with Gasteiger partial charge in [0.15, 0.2) is 0 Å². The van der Waals surface area contributed by atoms with Crippen LogP contribution in [0.1, 0.15) is 11.3 Å². The molecule has 0 aliphatic rings. The smallest absolute Gasteiger partial charge is 0.213 e. The predicted octanol–water partition coefficient (Wildman–Crippen LogP) is 2.59. The van der Waals surface area contributed by atoms with Crippen LogP contribution in [0, 0.1) is 0 Å². The van der Waals surface area contributed by atoms with E-state index in [0.29, 0.717) is 12.4 Å². The van der Waals surface area contributed by atoms with Crippen LogP contribution in [-0.2, 0) is 13.0 Å². The number of hydrogen-bond acceptors (Lipinski definition) is 3. The molecule has 0 aliphatic heterocycles. The Morgan fingerprint density at radius 1 is 1.14 bits per heavy atom. The van der Waals surface area contributed by atoms with Crippen molar-refractivity contribution < 1.29 is 4.74 Å². The lowest BCUT2D eigenvalue weighted by atomic mass is 10.1. The highest BCUT2D eigenvalue weighted by atomic mass is 16.5. The maximum atomic E-state index is 5.68. The molecule has 3 aromatic rings. The van der Waals surface area contributed by atoms with E-state index in [1.807, 2.05) is 18.2 Å². The van der Waals surface area contributed by atoms with Gasteiger partial charge in [-0.1, -0.05) is 18.2 Å². The lowest BCUT2D eigenvalue weighted by molar-refractivity contribution is 0.396. The Bertz CT molecular complexity index is 749. The second-order valence-electron chi connectivity index (χ2n) is 5.00. The Morgan fingerprint density at radius 3 is 2.81 bits per heavy atom. The molecule has 0 atom stereocenters. The number of hydrogen-bond donors (Lipinski definition) is 1. The van der Waals surface area contributed by atoms with Crippen molar-refractivity contribution >= 4 is 10.9 Å². The third-order valence-corrected chi connectivity index (χ3v) is 3.64. The van der Waals surface area contributed by atoms with Gasteiger partial charge < -0.3 is 15.0 Å². The van der Waals surface area contributed by atoms with Gasteiger partial charge in [0, 0.05) is 23.2 Å². The van der Waals surface area contributed by atoms with Gasteiger partial charge in [0.1, 0.15) is 0 Å². The summed E-state index contributed by atoms with van der Waals surface area (Å²) in [6.07, 6.45) is 3.00. The number of fused-ring (bicyclic) bond motifs is 1. The topological polar surface area (TPSA) is 53.1 Å². The molecule has 0 saturated heterocycles. The number of nitrogens with two attached hydrogens (primary N) is 1. The third-order valence-electron chi connectivity index (χ3n) is 3.64. The van der Waals surface area contributed by atoms with Crippen LogP contribution >= 0.6 is 0 Å². The van der Waals surface area contributed by atoms with Crippen LogP contribution in [0.15, 0.2) is 48.7 Å². The Morgan fingerprint density at radius 2 is 2.00 bits per heavy atom. The van der Waals surface area contributed by atoms with Gasteiger partial charge in [0.05, 0.1) is 19.3 Å². The summed E-state index contributed by atoms with van der Waals surface area (Å²) in [5.74, 6) is 0.646. The molecule has 0 unspecified atom stereocenters. The standard InChI is InChI=1S/C17H19N3O/c1-21-17-7-3-5-14(19-17)12-20-11-9-15-13(8-10-18)4-2-6-16(15)20/h2-7,9,11H,8,10,12,18H2,1H3. The van der Waals surface area contributed by atoms with Gasteiger partial charge in [-0.15, -0.1) is 0 Å². The van der Waals surface area contributed by atoms with Gasteiger partial charge in [-0.25, -0.2) is 4.98 Å². The Kier molecular flexibility index (Phi) is 3.88. The highest BCUT2D eigenvalue weighted by Gasteiger charge is 2.06. The van der Waals surface area contributed by atoms with E-state index in [1.54, 1.807) is 7.11 Å². The SMILES string of the molecule is COc1cccc(Cn2ccc3c(CCN)cccc32)n1. The van der Waals surface area contributed by atoms with E-state index in [2.05, 4.69) is 40.0 Å². The maximum Gasteiger partial charge on any atom is 0.213 e. The number of aromatic nitrogens is 2. The van der Waals surface area contributed by atoms with Crippen molar-refractivity contribution in [3.05, 3.63) is 59.9 Å². The van der Waals surface area contributed by atoms with Crippen LogP contribution in [0.5, 0.6) is 5.88 Å². The molecule has 21 heavy (non-hydrogen) atoms. The summed E-state index contributed by atoms with van der Waals surface area (Å²) >= 11 is 0. The number of rotatable bonds is 5. The summed E-state index contributed by atoms with van der Waals surface area (Å²) in [6, 6.07) is 14.4. The molecule has 1 aromatic carbocycles. The Balaban J connectivity index is 1.95. The molecule has 0 saturated carbocycles. The largest absolute Gasteiger partial charge is 0.481 e. The number of ether oxygens (including phenoxy) is 1. The third kappa shape index (κ3) is 2.76. The lowest BCUT2D eigenvalue weighted by Gasteiger charge is -2.08. The summed E-state index contributed by atoms with van der Waals surface area (Å²) in [5, 5.41) is 1.27. The highest BCUT2D eigenvalue weighted by Crippen LogP contribution is 2.21. The molecule has 0 fully saturated rings. The zero-order valence-electron chi connectivity index (χ0n) is 12.1. The quantitative estimate of drug-likeness (QED) is 0.782. The Hall–Kier alpha value is -2.33. The monoisotopic (exact) mass is 281 g/mol. The van der Waals surface area contributed by atoms with E-state index in [9.17, 15) is 0 Å². The number of benzene rings is 1. The van der Waals surface area contributed by atoms with Gasteiger partial charge in [-0.2, -0.15) is 0 Å². The molecule has 2 N–H and O–H groups in total. The number of pyridine rings is 1. The second-order valence-corrected chi connectivity index (χ2v) is 5.00. The van der Waals surface area contributed by atoms with Gasteiger partial charge in [0.2, 0.25) is 5.88 Å². The van der Waals surface area contributed by atoms with Crippen molar-refractivity contribution in [1.82, 2.24) is 9.55 Å². The highest BCUT2D eigenvalue weighted by molar-refractivity contribution is 5.83. The van der Waals surface area contributed by atoms with E-state index < -0.39 is 0 Å². The fraction of sp³-hybridized carbons (Fsp3) is 0.235. The van der Waals surface area contributed by atoms with Crippen LogP contribution in [0.4, 0.5) is 0 Å².